The Morgan fingerprint density at radius 2 is 1.78 bits per heavy atom. The average Bonchev–Trinajstić information content (AvgIpc) is 3.77. The number of imide groups is 1. The summed E-state index contributed by atoms with van der Waals surface area (Å²) >= 11 is 0. The Labute approximate surface area is 288 Å². The number of anilines is 3. The van der Waals surface area contributed by atoms with Crippen molar-refractivity contribution in [2.24, 2.45) is 5.92 Å². The highest BCUT2D eigenvalue weighted by molar-refractivity contribution is 6.01. The van der Waals surface area contributed by atoms with Crippen LogP contribution >= 0.6 is 0 Å². The summed E-state index contributed by atoms with van der Waals surface area (Å²) in [5.74, 6) is -0.672. The monoisotopic (exact) mass is 679 g/mol. The molecule has 1 saturated carbocycles. The molecule has 258 valence electrons. The van der Waals surface area contributed by atoms with Crippen LogP contribution in [-0.4, -0.2) is 73.6 Å². The Bertz CT molecular complexity index is 2050. The highest BCUT2D eigenvalue weighted by Crippen LogP contribution is 2.40. The first-order chi connectivity index (χ1) is 24.3. The van der Waals surface area contributed by atoms with Gasteiger partial charge in [0.2, 0.25) is 11.8 Å². The number of hydrogen-bond donors (Lipinski definition) is 2. The molecule has 0 bridgehead atoms. The number of benzene rings is 2. The number of nitrogens with one attached hydrogen (secondary N) is 2. The van der Waals surface area contributed by atoms with Crippen molar-refractivity contribution >= 4 is 34.7 Å². The van der Waals surface area contributed by atoms with Crippen molar-refractivity contribution in [2.75, 3.05) is 42.9 Å². The zero-order valence-corrected chi connectivity index (χ0v) is 27.9. The first-order valence-corrected chi connectivity index (χ1v) is 17.3. The van der Waals surface area contributed by atoms with E-state index in [1.807, 2.05) is 23.0 Å². The van der Waals surface area contributed by atoms with Crippen LogP contribution in [0.1, 0.15) is 55.2 Å². The average molecular weight is 680 g/mol. The first kappa shape index (κ1) is 32.1. The molecule has 3 aliphatic rings. The molecule has 0 radical (unpaired) electrons. The van der Waals surface area contributed by atoms with Crippen molar-refractivity contribution in [1.82, 2.24) is 34.4 Å². The molecule has 2 N–H and O–H groups in total. The van der Waals surface area contributed by atoms with Crippen molar-refractivity contribution in [3.05, 3.63) is 90.1 Å². The Morgan fingerprint density at radius 3 is 2.56 bits per heavy atom. The molecule has 2 aliphatic heterocycles. The molecule has 5 aromatic rings. The number of halogens is 2. The van der Waals surface area contributed by atoms with Gasteiger partial charge in [-0.3, -0.25) is 28.9 Å². The molecule has 50 heavy (non-hydrogen) atoms. The molecule has 5 heterocycles. The van der Waals surface area contributed by atoms with Crippen molar-refractivity contribution in [3.8, 4) is 11.3 Å². The third-order valence-corrected chi connectivity index (χ3v) is 10.5. The third kappa shape index (κ3) is 6.33. The number of hydrogen-bond acceptors (Lipinski definition) is 8. The molecule has 0 spiro atoms. The molecular weight excluding hydrogens is 640 g/mol. The number of piperazine rings is 1. The molecule has 2 aromatic carbocycles. The summed E-state index contributed by atoms with van der Waals surface area (Å²) in [5, 5.41) is 10.4. The van der Waals surface area contributed by atoms with Gasteiger partial charge < -0.3 is 10.2 Å². The van der Waals surface area contributed by atoms with E-state index < -0.39 is 11.6 Å². The Hall–Kier alpha value is -5.17. The second-order valence-electron chi connectivity index (χ2n) is 13.7. The van der Waals surface area contributed by atoms with Crippen molar-refractivity contribution < 1.29 is 18.4 Å². The van der Waals surface area contributed by atoms with Gasteiger partial charge in [0.25, 0.3) is 0 Å². The SMILES string of the molecule is Cc1cc(-c2cnc(Nc3cnn([C@H]4C[C@@H](CCN5CCN(c6ccc(C7CCC(=O)NC7=O)cc6)CC5)C4)c3)c3nccn23)c(F)cc1F. The molecule has 2 saturated heterocycles. The fourth-order valence-electron chi connectivity index (χ4n) is 7.47. The molecule has 1 unspecified atom stereocenters. The number of carbonyl (C=O) groups is 2. The Morgan fingerprint density at radius 1 is 0.980 bits per heavy atom. The van der Waals surface area contributed by atoms with Gasteiger partial charge >= 0.3 is 0 Å². The quantitative estimate of drug-likeness (QED) is 0.194. The zero-order valence-electron chi connectivity index (χ0n) is 27.9. The zero-order chi connectivity index (χ0) is 34.4. The van der Waals surface area contributed by atoms with E-state index in [2.05, 4.69) is 47.6 Å². The van der Waals surface area contributed by atoms with Crippen molar-refractivity contribution in [3.63, 3.8) is 0 Å². The number of carbonyl (C=O) groups excluding carboxylic acids is 2. The van der Waals surface area contributed by atoms with Gasteiger partial charge in [0, 0.05) is 68.5 Å². The minimum absolute atomic E-state index is 0.186. The summed E-state index contributed by atoms with van der Waals surface area (Å²) in [5.41, 5.74) is 4.57. The van der Waals surface area contributed by atoms with Gasteiger partial charge in [-0.15, -0.1) is 0 Å². The molecule has 11 nitrogen and oxygen atoms in total. The second kappa shape index (κ2) is 13.3. The number of aryl methyl sites for hydroxylation is 1. The summed E-state index contributed by atoms with van der Waals surface area (Å²) in [6, 6.07) is 11.0. The van der Waals surface area contributed by atoms with Crippen LogP contribution < -0.4 is 15.5 Å². The lowest BCUT2D eigenvalue weighted by Gasteiger charge is -2.39. The molecule has 3 aromatic heterocycles. The second-order valence-corrected chi connectivity index (χ2v) is 13.7. The predicted molar refractivity (Wildman–Crippen MR) is 185 cm³/mol. The van der Waals surface area contributed by atoms with E-state index in [4.69, 9.17) is 0 Å². The summed E-state index contributed by atoms with van der Waals surface area (Å²) in [6.45, 7) is 6.69. The number of imidazole rings is 1. The highest BCUT2D eigenvalue weighted by Gasteiger charge is 2.32. The number of piperidine rings is 1. The fourth-order valence-corrected chi connectivity index (χ4v) is 7.47. The predicted octanol–water partition coefficient (Wildman–Crippen LogP) is 5.61. The Balaban J connectivity index is 0.802. The van der Waals surface area contributed by atoms with E-state index in [0.717, 1.165) is 62.9 Å². The molecule has 2 amide bonds. The minimum Gasteiger partial charge on any atom is -0.369 e. The largest absolute Gasteiger partial charge is 0.369 e. The van der Waals surface area contributed by atoms with Gasteiger partial charge in [-0.2, -0.15) is 5.10 Å². The van der Waals surface area contributed by atoms with Crippen molar-refractivity contribution in [2.45, 2.75) is 51.0 Å². The molecule has 3 fully saturated rings. The van der Waals surface area contributed by atoms with Crippen LogP contribution in [-0.2, 0) is 9.59 Å². The van der Waals surface area contributed by atoms with Crippen LogP contribution in [0, 0.1) is 24.5 Å². The number of aromatic nitrogens is 5. The smallest absolute Gasteiger partial charge is 0.234 e. The van der Waals surface area contributed by atoms with E-state index in [9.17, 15) is 18.4 Å². The van der Waals surface area contributed by atoms with Crippen LogP contribution in [0.25, 0.3) is 16.9 Å². The lowest BCUT2D eigenvalue weighted by atomic mass is 9.78. The van der Waals surface area contributed by atoms with Crippen LogP contribution in [0.15, 0.2) is 67.4 Å². The van der Waals surface area contributed by atoms with E-state index in [-0.39, 0.29) is 23.3 Å². The van der Waals surface area contributed by atoms with E-state index in [1.165, 1.54) is 18.2 Å². The maximum atomic E-state index is 14.7. The summed E-state index contributed by atoms with van der Waals surface area (Å²) in [6.07, 6.45) is 13.0. The molecule has 13 heteroatoms. The van der Waals surface area contributed by atoms with Gasteiger partial charge in [-0.1, -0.05) is 12.1 Å². The molecule has 1 atom stereocenters. The topological polar surface area (TPSA) is 113 Å². The lowest BCUT2D eigenvalue weighted by Crippen LogP contribution is -2.47. The summed E-state index contributed by atoms with van der Waals surface area (Å²) in [4.78, 5) is 37.6. The van der Waals surface area contributed by atoms with E-state index in [0.29, 0.717) is 47.5 Å². The fraction of sp³-hybridized carbons (Fsp3) is 0.378. The summed E-state index contributed by atoms with van der Waals surface area (Å²) < 4.78 is 32.3. The minimum atomic E-state index is -0.652. The lowest BCUT2D eigenvalue weighted by molar-refractivity contribution is -0.134. The number of amides is 2. The molecule has 8 rings (SSSR count). The molecular formula is C37H39F2N9O2. The first-order valence-electron chi connectivity index (χ1n) is 17.3. The van der Waals surface area contributed by atoms with Crippen LogP contribution in [0.2, 0.25) is 0 Å². The molecule has 1 aliphatic carbocycles. The van der Waals surface area contributed by atoms with Crippen LogP contribution in [0.5, 0.6) is 0 Å². The van der Waals surface area contributed by atoms with E-state index in [1.54, 1.807) is 36.1 Å². The maximum Gasteiger partial charge on any atom is 0.234 e. The highest BCUT2D eigenvalue weighted by atomic mass is 19.1. The van der Waals surface area contributed by atoms with Gasteiger partial charge in [-0.25, -0.2) is 18.7 Å². The van der Waals surface area contributed by atoms with E-state index >= 15 is 0 Å². The van der Waals surface area contributed by atoms with Gasteiger partial charge in [0.1, 0.15) is 11.6 Å². The number of rotatable bonds is 9. The van der Waals surface area contributed by atoms with Crippen LogP contribution in [0.3, 0.4) is 0 Å². The summed E-state index contributed by atoms with van der Waals surface area (Å²) in [7, 11) is 0. The normalized spacial score (nSPS) is 21.3. The van der Waals surface area contributed by atoms with Gasteiger partial charge in [-0.05, 0) is 74.4 Å². The Kier molecular flexibility index (Phi) is 8.51. The maximum absolute atomic E-state index is 14.7. The third-order valence-electron chi connectivity index (χ3n) is 10.5. The number of nitrogens with zero attached hydrogens (tertiary/aromatic N) is 7. The van der Waals surface area contributed by atoms with Crippen LogP contribution in [0.4, 0.5) is 26.0 Å². The van der Waals surface area contributed by atoms with Gasteiger partial charge in [0.05, 0.1) is 35.7 Å². The van der Waals surface area contributed by atoms with Gasteiger partial charge in [0.15, 0.2) is 11.5 Å². The standard InChI is InChI=1S/C37H39F2N9O2/c1-23-16-30(32(39)19-31(23)38)33-21-41-35(36-40-9-11-47(33)36)43-26-20-42-48(22-26)28-17-24(18-28)8-10-45-12-14-46(15-13-45)27-4-2-25(3-5-27)29-6-7-34(49)44-37(29)50/h2-5,9,11,16,19-22,24,28-29H,6-8,10,12-15,17-18H2,1H3,(H,41,43)(H,44,49,50)/t24-,28+,29?. The number of fused-ring (bicyclic) bond motifs is 1. The van der Waals surface area contributed by atoms with Crippen molar-refractivity contribution in [1.29, 1.82) is 0 Å².